The molecule has 1 amide bonds. The Kier molecular flexibility index (Phi) is 4.71. The molecule has 0 aliphatic carbocycles. The van der Waals surface area contributed by atoms with E-state index in [4.69, 9.17) is 4.55 Å². The molecule has 0 bridgehead atoms. The molecule has 94 valence electrons. The van der Waals surface area contributed by atoms with Gasteiger partial charge in [-0.05, 0) is 40.8 Å². The van der Waals surface area contributed by atoms with Crippen LogP contribution in [0.5, 0.6) is 5.75 Å². The van der Waals surface area contributed by atoms with E-state index in [1.54, 1.807) is 6.07 Å². The molecular formula is C9H10INO5S. The van der Waals surface area contributed by atoms with E-state index >= 15 is 0 Å². The number of halogens is 1. The van der Waals surface area contributed by atoms with Crippen LogP contribution in [0.15, 0.2) is 18.2 Å². The maximum atomic E-state index is 11.6. The molecular weight excluding hydrogens is 361 g/mol. The fourth-order valence-corrected chi connectivity index (χ4v) is 1.93. The molecule has 0 saturated heterocycles. The lowest BCUT2D eigenvalue weighted by molar-refractivity contribution is 0.0953. The van der Waals surface area contributed by atoms with Crippen molar-refractivity contribution in [2.75, 3.05) is 12.3 Å². The second-order valence-corrected chi connectivity index (χ2v) is 6.02. The SMILES string of the molecule is O=C(NCCS(=O)(=O)O)c1cc(I)ccc1O. The number of hydrogen-bond acceptors (Lipinski definition) is 4. The number of phenols is 1. The first-order valence-corrected chi connectivity index (χ1v) is 7.20. The van der Waals surface area contributed by atoms with Crippen LogP contribution in [0.2, 0.25) is 0 Å². The van der Waals surface area contributed by atoms with Crippen LogP contribution in [0.1, 0.15) is 10.4 Å². The fourth-order valence-electron chi connectivity index (χ4n) is 1.08. The van der Waals surface area contributed by atoms with Gasteiger partial charge in [0.15, 0.2) is 0 Å². The van der Waals surface area contributed by atoms with Gasteiger partial charge in [0.25, 0.3) is 16.0 Å². The number of rotatable bonds is 4. The van der Waals surface area contributed by atoms with Crippen LogP contribution < -0.4 is 5.32 Å². The van der Waals surface area contributed by atoms with Gasteiger partial charge in [0.1, 0.15) is 5.75 Å². The highest BCUT2D eigenvalue weighted by Gasteiger charge is 2.12. The number of carbonyl (C=O) groups is 1. The predicted molar refractivity (Wildman–Crippen MR) is 69.6 cm³/mol. The van der Waals surface area contributed by atoms with Crippen molar-refractivity contribution >= 4 is 38.6 Å². The van der Waals surface area contributed by atoms with Gasteiger partial charge < -0.3 is 10.4 Å². The molecule has 0 fully saturated rings. The zero-order chi connectivity index (χ0) is 13.1. The molecule has 6 nitrogen and oxygen atoms in total. The molecule has 17 heavy (non-hydrogen) atoms. The Labute approximate surface area is 112 Å². The standard InChI is InChI=1S/C9H10INO5S/c10-6-1-2-8(12)7(5-6)9(13)11-3-4-17(14,15)16/h1-2,5,12H,3-4H2,(H,11,13)(H,14,15,16). The van der Waals surface area contributed by atoms with Gasteiger partial charge in [0.2, 0.25) is 0 Å². The third-order valence-electron chi connectivity index (χ3n) is 1.85. The molecule has 3 N–H and O–H groups in total. The van der Waals surface area contributed by atoms with Crippen molar-refractivity contribution in [1.82, 2.24) is 5.32 Å². The van der Waals surface area contributed by atoms with Crippen LogP contribution in [-0.4, -0.2) is 36.3 Å². The molecule has 0 aromatic heterocycles. The highest BCUT2D eigenvalue weighted by atomic mass is 127. The first-order chi connectivity index (χ1) is 7.79. The molecule has 0 aliphatic rings. The Morgan fingerprint density at radius 2 is 2.06 bits per heavy atom. The molecule has 1 aromatic rings. The Morgan fingerprint density at radius 1 is 1.41 bits per heavy atom. The second kappa shape index (κ2) is 5.65. The smallest absolute Gasteiger partial charge is 0.266 e. The molecule has 1 rings (SSSR count). The monoisotopic (exact) mass is 371 g/mol. The first kappa shape index (κ1) is 14.2. The number of nitrogens with one attached hydrogen (secondary N) is 1. The van der Waals surface area contributed by atoms with E-state index < -0.39 is 21.8 Å². The summed E-state index contributed by atoms with van der Waals surface area (Å²) in [5.41, 5.74) is 0.0623. The van der Waals surface area contributed by atoms with Crippen LogP contribution in [0, 0.1) is 3.57 Å². The first-order valence-electron chi connectivity index (χ1n) is 4.51. The Morgan fingerprint density at radius 3 is 2.65 bits per heavy atom. The lowest BCUT2D eigenvalue weighted by Gasteiger charge is -2.06. The Hall–Kier alpha value is -0.870. The third kappa shape index (κ3) is 4.88. The minimum Gasteiger partial charge on any atom is -0.507 e. The van der Waals surface area contributed by atoms with Crippen molar-refractivity contribution in [1.29, 1.82) is 0 Å². The van der Waals surface area contributed by atoms with Gasteiger partial charge in [-0.3, -0.25) is 9.35 Å². The topological polar surface area (TPSA) is 104 Å². The summed E-state index contributed by atoms with van der Waals surface area (Å²) in [6.45, 7) is -0.220. The Bertz CT molecular complexity index is 528. The number of carbonyl (C=O) groups excluding carboxylic acids is 1. The van der Waals surface area contributed by atoms with E-state index in [1.165, 1.54) is 12.1 Å². The summed E-state index contributed by atoms with van der Waals surface area (Å²) < 4.78 is 30.1. The van der Waals surface area contributed by atoms with Crippen LogP contribution in [0.25, 0.3) is 0 Å². The average molecular weight is 371 g/mol. The summed E-state index contributed by atoms with van der Waals surface area (Å²) in [5, 5.41) is 11.7. The molecule has 0 spiro atoms. The molecule has 0 radical (unpaired) electrons. The van der Waals surface area contributed by atoms with Crippen molar-refractivity contribution in [2.24, 2.45) is 0 Å². The minimum atomic E-state index is -4.10. The predicted octanol–water partition coefficient (Wildman–Crippen LogP) is 0.614. The van der Waals surface area contributed by atoms with Crippen LogP contribution >= 0.6 is 22.6 Å². The summed E-state index contributed by atoms with van der Waals surface area (Å²) in [6, 6.07) is 4.48. The molecule has 0 atom stereocenters. The molecule has 0 saturated carbocycles. The molecule has 8 heteroatoms. The van der Waals surface area contributed by atoms with E-state index in [9.17, 15) is 18.3 Å². The average Bonchev–Trinajstić information content (AvgIpc) is 2.19. The number of hydrogen-bond donors (Lipinski definition) is 3. The zero-order valence-corrected chi connectivity index (χ0v) is 11.5. The number of benzene rings is 1. The van der Waals surface area contributed by atoms with Crippen molar-refractivity contribution in [3.8, 4) is 5.75 Å². The summed E-state index contributed by atoms with van der Waals surface area (Å²) in [7, 11) is -4.10. The molecule has 0 unspecified atom stereocenters. The summed E-state index contributed by atoms with van der Waals surface area (Å²) >= 11 is 1.98. The lowest BCUT2D eigenvalue weighted by Crippen LogP contribution is -2.29. The summed E-state index contributed by atoms with van der Waals surface area (Å²) in [5.74, 6) is -1.34. The maximum Gasteiger partial charge on any atom is 0.266 e. The van der Waals surface area contributed by atoms with Crippen LogP contribution in [-0.2, 0) is 10.1 Å². The van der Waals surface area contributed by atoms with Gasteiger partial charge in [-0.15, -0.1) is 0 Å². The van der Waals surface area contributed by atoms with E-state index in [-0.39, 0.29) is 17.9 Å². The van der Waals surface area contributed by atoms with E-state index in [2.05, 4.69) is 5.32 Å². The van der Waals surface area contributed by atoms with Crippen molar-refractivity contribution in [3.63, 3.8) is 0 Å². The van der Waals surface area contributed by atoms with E-state index in [1.807, 2.05) is 22.6 Å². The largest absolute Gasteiger partial charge is 0.507 e. The van der Waals surface area contributed by atoms with Crippen molar-refractivity contribution in [2.45, 2.75) is 0 Å². The lowest BCUT2D eigenvalue weighted by atomic mass is 10.2. The van der Waals surface area contributed by atoms with E-state index in [0.29, 0.717) is 0 Å². The van der Waals surface area contributed by atoms with Gasteiger partial charge in [-0.1, -0.05) is 0 Å². The van der Waals surface area contributed by atoms with E-state index in [0.717, 1.165) is 3.57 Å². The maximum absolute atomic E-state index is 11.6. The van der Waals surface area contributed by atoms with Gasteiger partial charge in [-0.25, -0.2) is 0 Å². The van der Waals surface area contributed by atoms with Crippen molar-refractivity contribution in [3.05, 3.63) is 27.3 Å². The fraction of sp³-hybridized carbons (Fsp3) is 0.222. The molecule has 0 heterocycles. The number of phenolic OH excluding ortho intramolecular Hbond substituents is 1. The zero-order valence-electron chi connectivity index (χ0n) is 8.55. The number of aromatic hydroxyl groups is 1. The highest BCUT2D eigenvalue weighted by Crippen LogP contribution is 2.19. The Balaban J connectivity index is 2.67. The quantitative estimate of drug-likeness (QED) is 0.532. The second-order valence-electron chi connectivity index (χ2n) is 3.20. The highest BCUT2D eigenvalue weighted by molar-refractivity contribution is 14.1. The third-order valence-corrected chi connectivity index (χ3v) is 3.24. The summed E-state index contributed by atoms with van der Waals surface area (Å²) in [6.07, 6.45) is 0. The van der Waals surface area contributed by atoms with Gasteiger partial charge in [0.05, 0.1) is 11.3 Å². The number of amides is 1. The normalized spacial score (nSPS) is 11.2. The van der Waals surface area contributed by atoms with Crippen LogP contribution in [0.4, 0.5) is 0 Å². The summed E-state index contributed by atoms with van der Waals surface area (Å²) in [4.78, 5) is 11.6. The van der Waals surface area contributed by atoms with Gasteiger partial charge >= 0.3 is 0 Å². The van der Waals surface area contributed by atoms with Gasteiger partial charge in [-0.2, -0.15) is 8.42 Å². The van der Waals surface area contributed by atoms with Crippen molar-refractivity contribution < 1.29 is 22.9 Å². The van der Waals surface area contributed by atoms with Crippen LogP contribution in [0.3, 0.4) is 0 Å². The molecule has 0 aliphatic heterocycles. The molecule has 1 aromatic carbocycles. The van der Waals surface area contributed by atoms with Gasteiger partial charge in [0, 0.05) is 10.1 Å². The minimum absolute atomic E-state index is 0.0623.